The van der Waals surface area contributed by atoms with E-state index in [1.807, 2.05) is 12.1 Å². The van der Waals surface area contributed by atoms with E-state index < -0.39 is 5.82 Å². The summed E-state index contributed by atoms with van der Waals surface area (Å²) in [5.74, 6) is 2.16. The third-order valence-corrected chi connectivity index (χ3v) is 4.60. The van der Waals surface area contributed by atoms with Gasteiger partial charge in [0.2, 0.25) is 5.88 Å². The smallest absolute Gasteiger partial charge is 0.219 e. The maximum Gasteiger partial charge on any atom is 0.219 e. The lowest BCUT2D eigenvalue weighted by Gasteiger charge is -2.14. The van der Waals surface area contributed by atoms with Crippen LogP contribution in [0, 0.1) is 5.82 Å². The summed E-state index contributed by atoms with van der Waals surface area (Å²) in [5.41, 5.74) is 1.40. The lowest BCUT2D eigenvalue weighted by molar-refractivity contribution is 0.356. The topological polar surface area (TPSA) is 74.7 Å². The Balaban J connectivity index is 1.61. The molecule has 0 saturated heterocycles. The number of pyridine rings is 2. The summed E-state index contributed by atoms with van der Waals surface area (Å²) in [4.78, 5) is 8.43. The Bertz CT molecular complexity index is 1220. The number of halogens is 1. The van der Waals surface area contributed by atoms with Gasteiger partial charge >= 0.3 is 0 Å². The molecular weight excluding hydrogens is 401 g/mol. The number of nitrogens with zero attached hydrogens (tertiary/aromatic N) is 2. The third kappa shape index (κ3) is 4.28. The van der Waals surface area contributed by atoms with Crippen molar-refractivity contribution in [3.05, 3.63) is 66.7 Å². The summed E-state index contributed by atoms with van der Waals surface area (Å²) >= 11 is 0. The van der Waals surface area contributed by atoms with E-state index in [9.17, 15) is 4.39 Å². The normalized spacial score (nSPS) is 10.6. The largest absolute Gasteiger partial charge is 0.497 e. The molecule has 158 valence electrons. The second kappa shape index (κ2) is 8.74. The van der Waals surface area contributed by atoms with Gasteiger partial charge in [0.25, 0.3) is 0 Å². The van der Waals surface area contributed by atoms with Gasteiger partial charge in [0.1, 0.15) is 11.5 Å². The van der Waals surface area contributed by atoms with E-state index in [1.165, 1.54) is 14.2 Å². The van der Waals surface area contributed by atoms with E-state index in [0.29, 0.717) is 45.5 Å². The molecule has 0 atom stereocenters. The standard InChI is InChI=1S/C23H20FN3O4/c1-28-15-5-4-6-16(9-15)31-22-8-7-14(12-26-22)27-23-17-10-20(29-2)21(30-3)11-19(17)25-13-18(23)24/h4-13H,1-3H3,(H,25,27). The van der Waals surface area contributed by atoms with Crippen LogP contribution < -0.4 is 24.3 Å². The highest BCUT2D eigenvalue weighted by atomic mass is 19.1. The van der Waals surface area contributed by atoms with Gasteiger partial charge in [-0.25, -0.2) is 9.37 Å². The zero-order valence-electron chi connectivity index (χ0n) is 17.2. The minimum absolute atomic E-state index is 0.259. The van der Waals surface area contributed by atoms with Crippen molar-refractivity contribution in [2.45, 2.75) is 0 Å². The first kappa shape index (κ1) is 20.2. The summed E-state index contributed by atoms with van der Waals surface area (Å²) in [6.07, 6.45) is 2.71. The number of benzene rings is 2. The van der Waals surface area contributed by atoms with Gasteiger partial charge in [-0.3, -0.25) is 4.98 Å². The molecule has 0 aliphatic carbocycles. The lowest BCUT2D eigenvalue weighted by atomic mass is 10.1. The number of fused-ring (bicyclic) bond motifs is 1. The number of anilines is 2. The van der Waals surface area contributed by atoms with Gasteiger partial charge in [0.05, 0.1) is 50.6 Å². The molecular formula is C23H20FN3O4. The van der Waals surface area contributed by atoms with Gasteiger partial charge in [-0.2, -0.15) is 0 Å². The van der Waals surface area contributed by atoms with Crippen LogP contribution in [0.2, 0.25) is 0 Å². The van der Waals surface area contributed by atoms with E-state index in [4.69, 9.17) is 18.9 Å². The summed E-state index contributed by atoms with van der Waals surface area (Å²) < 4.78 is 36.2. The molecule has 31 heavy (non-hydrogen) atoms. The maximum absolute atomic E-state index is 14.6. The zero-order chi connectivity index (χ0) is 21.8. The molecule has 0 unspecified atom stereocenters. The van der Waals surface area contributed by atoms with Crippen molar-refractivity contribution in [1.82, 2.24) is 9.97 Å². The molecule has 2 heterocycles. The Kier molecular flexibility index (Phi) is 5.70. The monoisotopic (exact) mass is 421 g/mol. The first-order valence-corrected chi connectivity index (χ1v) is 9.36. The molecule has 2 aromatic carbocycles. The summed E-state index contributed by atoms with van der Waals surface area (Å²) in [5, 5.41) is 3.61. The molecule has 0 radical (unpaired) electrons. The van der Waals surface area contributed by atoms with Crippen LogP contribution >= 0.6 is 0 Å². The van der Waals surface area contributed by atoms with Crippen LogP contribution in [0.3, 0.4) is 0 Å². The third-order valence-electron chi connectivity index (χ3n) is 4.60. The van der Waals surface area contributed by atoms with E-state index >= 15 is 0 Å². The average Bonchev–Trinajstić information content (AvgIpc) is 2.81. The van der Waals surface area contributed by atoms with Crippen LogP contribution in [-0.4, -0.2) is 31.3 Å². The van der Waals surface area contributed by atoms with Crippen LogP contribution in [0.25, 0.3) is 10.9 Å². The summed E-state index contributed by atoms with van der Waals surface area (Å²) in [6, 6.07) is 14.0. The molecule has 0 fully saturated rings. The van der Waals surface area contributed by atoms with Gasteiger partial charge in [-0.15, -0.1) is 0 Å². The number of hydrogen-bond donors (Lipinski definition) is 1. The minimum Gasteiger partial charge on any atom is -0.497 e. The van der Waals surface area contributed by atoms with Crippen molar-refractivity contribution in [2.75, 3.05) is 26.6 Å². The highest BCUT2D eigenvalue weighted by Crippen LogP contribution is 2.36. The van der Waals surface area contributed by atoms with Gasteiger partial charge in [-0.05, 0) is 24.3 Å². The number of rotatable bonds is 7. The quantitative estimate of drug-likeness (QED) is 0.432. The molecule has 0 bridgehead atoms. The SMILES string of the molecule is COc1cccc(Oc2ccc(Nc3c(F)cnc4cc(OC)c(OC)cc34)cn2)c1. The van der Waals surface area contributed by atoms with Gasteiger partial charge in [-0.1, -0.05) is 6.07 Å². The molecule has 4 rings (SSSR count). The number of nitrogens with one attached hydrogen (secondary N) is 1. The van der Waals surface area contributed by atoms with E-state index in [1.54, 1.807) is 49.7 Å². The van der Waals surface area contributed by atoms with E-state index in [0.717, 1.165) is 6.20 Å². The van der Waals surface area contributed by atoms with Crippen LogP contribution in [0.15, 0.2) is 60.9 Å². The fourth-order valence-electron chi connectivity index (χ4n) is 3.07. The molecule has 2 aromatic heterocycles. The summed E-state index contributed by atoms with van der Waals surface area (Å²) in [6.45, 7) is 0. The second-order valence-electron chi connectivity index (χ2n) is 6.50. The van der Waals surface area contributed by atoms with Crippen molar-refractivity contribution in [3.63, 3.8) is 0 Å². The predicted octanol–water partition coefficient (Wildman–Crippen LogP) is 5.33. The minimum atomic E-state index is -0.503. The van der Waals surface area contributed by atoms with E-state index in [2.05, 4.69) is 15.3 Å². The van der Waals surface area contributed by atoms with Crippen LogP contribution in [0.4, 0.5) is 15.8 Å². The van der Waals surface area contributed by atoms with Crippen molar-refractivity contribution in [2.24, 2.45) is 0 Å². The summed E-state index contributed by atoms with van der Waals surface area (Å²) in [7, 11) is 4.65. The van der Waals surface area contributed by atoms with Crippen molar-refractivity contribution >= 4 is 22.3 Å². The molecule has 8 heteroatoms. The van der Waals surface area contributed by atoms with Gasteiger partial charge in [0, 0.05) is 23.6 Å². The molecule has 4 aromatic rings. The fraction of sp³-hybridized carbons (Fsp3) is 0.130. The molecule has 0 spiro atoms. The van der Waals surface area contributed by atoms with Crippen LogP contribution in [0.5, 0.6) is 28.9 Å². The Morgan fingerprint density at radius 3 is 2.29 bits per heavy atom. The Morgan fingerprint density at radius 2 is 1.58 bits per heavy atom. The van der Waals surface area contributed by atoms with Crippen molar-refractivity contribution < 1.29 is 23.3 Å². The van der Waals surface area contributed by atoms with Crippen LogP contribution in [0.1, 0.15) is 0 Å². The number of methoxy groups -OCH3 is 3. The first-order chi connectivity index (χ1) is 15.1. The molecule has 1 N–H and O–H groups in total. The first-order valence-electron chi connectivity index (χ1n) is 9.36. The number of aromatic nitrogens is 2. The zero-order valence-corrected chi connectivity index (χ0v) is 17.2. The Hall–Kier alpha value is -4.07. The predicted molar refractivity (Wildman–Crippen MR) is 115 cm³/mol. The number of hydrogen-bond acceptors (Lipinski definition) is 7. The molecule has 0 aliphatic rings. The second-order valence-corrected chi connectivity index (χ2v) is 6.50. The molecule has 0 aliphatic heterocycles. The molecule has 7 nitrogen and oxygen atoms in total. The van der Waals surface area contributed by atoms with Crippen molar-refractivity contribution in [3.8, 4) is 28.9 Å². The highest BCUT2D eigenvalue weighted by molar-refractivity contribution is 5.95. The van der Waals surface area contributed by atoms with Crippen molar-refractivity contribution in [1.29, 1.82) is 0 Å². The lowest BCUT2D eigenvalue weighted by Crippen LogP contribution is -1.99. The molecule has 0 amide bonds. The highest BCUT2D eigenvalue weighted by Gasteiger charge is 2.14. The van der Waals surface area contributed by atoms with Gasteiger partial charge in [0.15, 0.2) is 17.3 Å². The maximum atomic E-state index is 14.6. The van der Waals surface area contributed by atoms with Crippen LogP contribution in [-0.2, 0) is 0 Å². The fourth-order valence-corrected chi connectivity index (χ4v) is 3.07. The van der Waals surface area contributed by atoms with Gasteiger partial charge < -0.3 is 24.3 Å². The number of ether oxygens (including phenoxy) is 4. The Labute approximate surface area is 178 Å². The van der Waals surface area contributed by atoms with E-state index in [-0.39, 0.29) is 5.69 Å². The molecule has 0 saturated carbocycles. The average molecular weight is 421 g/mol. The Morgan fingerprint density at radius 1 is 0.806 bits per heavy atom.